The molecule has 0 aromatic carbocycles. The Morgan fingerprint density at radius 1 is 1.18 bits per heavy atom. The van der Waals surface area contributed by atoms with Gasteiger partial charge in [-0.3, -0.25) is 0 Å². The summed E-state index contributed by atoms with van der Waals surface area (Å²) in [7, 11) is 0. The monoisotopic (exact) mass is 239 g/mol. The van der Waals surface area contributed by atoms with E-state index in [2.05, 4.69) is 17.1 Å². The molecule has 1 saturated heterocycles. The fourth-order valence-corrected chi connectivity index (χ4v) is 3.13. The van der Waals surface area contributed by atoms with E-state index in [1.165, 1.54) is 58.2 Å². The SMILES string of the molecule is CC1CCN(CCNC2CCCC(N)C2)CC1. The van der Waals surface area contributed by atoms with Gasteiger partial charge in [-0.15, -0.1) is 0 Å². The van der Waals surface area contributed by atoms with Crippen molar-refractivity contribution in [1.29, 1.82) is 0 Å². The quantitative estimate of drug-likeness (QED) is 0.782. The average molecular weight is 239 g/mol. The fraction of sp³-hybridized carbons (Fsp3) is 1.00. The summed E-state index contributed by atoms with van der Waals surface area (Å²) in [5.41, 5.74) is 6.00. The van der Waals surface area contributed by atoms with E-state index < -0.39 is 0 Å². The van der Waals surface area contributed by atoms with Gasteiger partial charge in [0, 0.05) is 25.2 Å². The molecule has 3 nitrogen and oxygen atoms in total. The summed E-state index contributed by atoms with van der Waals surface area (Å²) in [5, 5.41) is 3.69. The molecular formula is C14H29N3. The minimum absolute atomic E-state index is 0.442. The highest BCUT2D eigenvalue weighted by molar-refractivity contribution is 4.80. The van der Waals surface area contributed by atoms with E-state index >= 15 is 0 Å². The van der Waals surface area contributed by atoms with E-state index in [4.69, 9.17) is 5.73 Å². The standard InChI is InChI=1S/C14H29N3/c1-12-5-8-17(9-6-12)10-7-16-14-4-2-3-13(15)11-14/h12-14,16H,2-11,15H2,1H3. The van der Waals surface area contributed by atoms with Gasteiger partial charge < -0.3 is 16.0 Å². The number of likely N-dealkylation sites (tertiary alicyclic amines) is 1. The lowest BCUT2D eigenvalue weighted by Gasteiger charge is -2.32. The summed E-state index contributed by atoms with van der Waals surface area (Å²) < 4.78 is 0. The van der Waals surface area contributed by atoms with E-state index in [-0.39, 0.29) is 0 Å². The van der Waals surface area contributed by atoms with E-state index in [0.29, 0.717) is 12.1 Å². The first kappa shape index (κ1) is 13.3. The highest BCUT2D eigenvalue weighted by Crippen LogP contribution is 2.17. The van der Waals surface area contributed by atoms with Crippen molar-refractivity contribution in [1.82, 2.24) is 10.2 Å². The van der Waals surface area contributed by atoms with Crippen LogP contribution in [0.1, 0.15) is 45.4 Å². The third-order valence-corrected chi connectivity index (χ3v) is 4.45. The van der Waals surface area contributed by atoms with Crippen LogP contribution in [0.25, 0.3) is 0 Å². The van der Waals surface area contributed by atoms with Gasteiger partial charge in [0.25, 0.3) is 0 Å². The average Bonchev–Trinajstić information content (AvgIpc) is 2.32. The van der Waals surface area contributed by atoms with Crippen molar-refractivity contribution in [3.05, 3.63) is 0 Å². The van der Waals surface area contributed by atoms with Crippen LogP contribution in [0.4, 0.5) is 0 Å². The van der Waals surface area contributed by atoms with Crippen LogP contribution in [0.2, 0.25) is 0 Å². The molecule has 2 rings (SSSR count). The molecule has 0 aromatic heterocycles. The molecule has 1 aliphatic heterocycles. The van der Waals surface area contributed by atoms with Crippen LogP contribution in [-0.2, 0) is 0 Å². The number of hydrogen-bond donors (Lipinski definition) is 2. The molecule has 0 aromatic rings. The van der Waals surface area contributed by atoms with Crippen molar-refractivity contribution < 1.29 is 0 Å². The van der Waals surface area contributed by atoms with E-state index in [0.717, 1.165) is 12.5 Å². The highest BCUT2D eigenvalue weighted by Gasteiger charge is 2.19. The topological polar surface area (TPSA) is 41.3 Å². The van der Waals surface area contributed by atoms with E-state index in [1.54, 1.807) is 0 Å². The number of piperidine rings is 1. The van der Waals surface area contributed by atoms with Crippen LogP contribution in [0.5, 0.6) is 0 Å². The zero-order chi connectivity index (χ0) is 12.1. The largest absolute Gasteiger partial charge is 0.328 e. The second-order valence-electron chi connectivity index (χ2n) is 6.10. The van der Waals surface area contributed by atoms with Gasteiger partial charge in [-0.2, -0.15) is 0 Å². The molecule has 2 atom stereocenters. The molecule has 0 amide bonds. The molecular weight excluding hydrogens is 210 g/mol. The van der Waals surface area contributed by atoms with Crippen LogP contribution in [0.15, 0.2) is 0 Å². The van der Waals surface area contributed by atoms with Crippen LogP contribution >= 0.6 is 0 Å². The number of nitrogens with zero attached hydrogens (tertiary/aromatic N) is 1. The van der Waals surface area contributed by atoms with Crippen LogP contribution in [0, 0.1) is 5.92 Å². The van der Waals surface area contributed by atoms with Gasteiger partial charge in [-0.05, 0) is 51.1 Å². The molecule has 100 valence electrons. The second-order valence-corrected chi connectivity index (χ2v) is 6.10. The van der Waals surface area contributed by atoms with Gasteiger partial charge in [0.2, 0.25) is 0 Å². The normalized spacial score (nSPS) is 32.8. The predicted octanol–water partition coefficient (Wildman–Crippen LogP) is 1.58. The summed E-state index contributed by atoms with van der Waals surface area (Å²) in [6.07, 6.45) is 7.80. The number of hydrogen-bond acceptors (Lipinski definition) is 3. The summed E-state index contributed by atoms with van der Waals surface area (Å²) >= 11 is 0. The molecule has 0 radical (unpaired) electrons. The maximum atomic E-state index is 6.00. The summed E-state index contributed by atoms with van der Waals surface area (Å²) in [6, 6.07) is 1.12. The Morgan fingerprint density at radius 3 is 2.65 bits per heavy atom. The van der Waals surface area contributed by atoms with E-state index in [1.807, 2.05) is 0 Å². The molecule has 1 aliphatic carbocycles. The predicted molar refractivity (Wildman–Crippen MR) is 73.1 cm³/mol. The van der Waals surface area contributed by atoms with Crippen molar-refractivity contribution in [3.63, 3.8) is 0 Å². The molecule has 0 bridgehead atoms. The Kier molecular flexibility index (Phi) is 5.26. The molecule has 0 spiro atoms. The lowest BCUT2D eigenvalue weighted by atomic mass is 9.91. The Bertz CT molecular complexity index is 212. The summed E-state index contributed by atoms with van der Waals surface area (Å²) in [4.78, 5) is 2.61. The maximum Gasteiger partial charge on any atom is 0.0107 e. The summed E-state index contributed by atoms with van der Waals surface area (Å²) in [5.74, 6) is 0.940. The highest BCUT2D eigenvalue weighted by atomic mass is 15.1. The zero-order valence-corrected chi connectivity index (χ0v) is 11.3. The first-order valence-corrected chi connectivity index (χ1v) is 7.45. The zero-order valence-electron chi connectivity index (χ0n) is 11.3. The van der Waals surface area contributed by atoms with Gasteiger partial charge >= 0.3 is 0 Å². The van der Waals surface area contributed by atoms with Crippen molar-refractivity contribution >= 4 is 0 Å². The van der Waals surface area contributed by atoms with Crippen LogP contribution in [0.3, 0.4) is 0 Å². The fourth-order valence-electron chi connectivity index (χ4n) is 3.13. The number of nitrogens with one attached hydrogen (secondary N) is 1. The number of rotatable bonds is 4. The minimum atomic E-state index is 0.442. The Morgan fingerprint density at radius 2 is 1.94 bits per heavy atom. The third kappa shape index (κ3) is 4.57. The lowest BCUT2D eigenvalue weighted by Crippen LogP contribution is -2.43. The molecule has 3 heteroatoms. The third-order valence-electron chi connectivity index (χ3n) is 4.45. The van der Waals surface area contributed by atoms with Gasteiger partial charge in [-0.25, -0.2) is 0 Å². The van der Waals surface area contributed by atoms with Crippen molar-refractivity contribution in [2.75, 3.05) is 26.2 Å². The van der Waals surface area contributed by atoms with Crippen LogP contribution in [-0.4, -0.2) is 43.2 Å². The minimum Gasteiger partial charge on any atom is -0.328 e. The van der Waals surface area contributed by atoms with Gasteiger partial charge in [0.05, 0.1) is 0 Å². The first-order valence-electron chi connectivity index (χ1n) is 7.45. The van der Waals surface area contributed by atoms with Gasteiger partial charge in [-0.1, -0.05) is 13.3 Å². The molecule has 17 heavy (non-hydrogen) atoms. The molecule has 2 fully saturated rings. The van der Waals surface area contributed by atoms with Crippen molar-refractivity contribution in [3.8, 4) is 0 Å². The van der Waals surface area contributed by atoms with Gasteiger partial charge in [0.15, 0.2) is 0 Å². The van der Waals surface area contributed by atoms with Gasteiger partial charge in [0.1, 0.15) is 0 Å². The molecule has 3 N–H and O–H groups in total. The smallest absolute Gasteiger partial charge is 0.0107 e. The lowest BCUT2D eigenvalue weighted by molar-refractivity contribution is 0.188. The maximum absolute atomic E-state index is 6.00. The molecule has 2 aliphatic rings. The molecule has 1 heterocycles. The Balaban J connectivity index is 1.56. The second kappa shape index (κ2) is 6.72. The Labute approximate surface area is 106 Å². The summed E-state index contributed by atoms with van der Waals surface area (Å²) in [6.45, 7) is 7.34. The molecule has 2 unspecified atom stereocenters. The van der Waals surface area contributed by atoms with Crippen LogP contribution < -0.4 is 11.1 Å². The van der Waals surface area contributed by atoms with Crippen molar-refractivity contribution in [2.24, 2.45) is 11.7 Å². The van der Waals surface area contributed by atoms with Crippen molar-refractivity contribution in [2.45, 2.75) is 57.5 Å². The van der Waals surface area contributed by atoms with E-state index in [9.17, 15) is 0 Å². The Hall–Kier alpha value is -0.120. The molecule has 1 saturated carbocycles. The number of nitrogens with two attached hydrogens (primary N) is 1. The first-order chi connectivity index (χ1) is 8.24.